The first-order valence-electron chi connectivity index (χ1n) is 11.9. The first-order valence-corrected chi connectivity index (χ1v) is 11.9. The van der Waals surface area contributed by atoms with E-state index in [1.165, 1.54) is 18.2 Å². The van der Waals surface area contributed by atoms with Crippen molar-refractivity contribution >= 4 is 5.57 Å². The number of halogens is 4. The van der Waals surface area contributed by atoms with Crippen molar-refractivity contribution in [1.82, 2.24) is 15.2 Å². The van der Waals surface area contributed by atoms with Crippen LogP contribution < -0.4 is 14.8 Å². The Morgan fingerprint density at radius 3 is 2.74 bits per heavy atom. The third kappa shape index (κ3) is 5.78. The van der Waals surface area contributed by atoms with E-state index in [2.05, 4.69) is 10.3 Å². The molecule has 1 aliphatic heterocycles. The van der Waals surface area contributed by atoms with Gasteiger partial charge in [0.05, 0.1) is 32.6 Å². The summed E-state index contributed by atoms with van der Waals surface area (Å²) in [5.74, 6) is 0.739. The van der Waals surface area contributed by atoms with E-state index < -0.39 is 18.8 Å². The summed E-state index contributed by atoms with van der Waals surface area (Å²) in [4.78, 5) is 5.88. The highest BCUT2D eigenvalue weighted by atomic mass is 19.4. The molecule has 2 aromatic rings. The summed E-state index contributed by atoms with van der Waals surface area (Å²) in [6, 6.07) is 8.78. The second-order valence-electron chi connectivity index (χ2n) is 8.99. The van der Waals surface area contributed by atoms with Crippen LogP contribution in [0.3, 0.4) is 0 Å². The third-order valence-electron chi connectivity index (χ3n) is 6.58. The second kappa shape index (κ2) is 11.0. The predicted molar refractivity (Wildman–Crippen MR) is 126 cm³/mol. The number of ether oxygens (including phenoxy) is 2. The molecule has 0 amide bonds. The van der Waals surface area contributed by atoms with Gasteiger partial charge < -0.3 is 14.8 Å². The molecule has 0 unspecified atom stereocenters. The minimum Gasteiger partial charge on any atom is -0.491 e. The van der Waals surface area contributed by atoms with Crippen LogP contribution in [0.2, 0.25) is 0 Å². The molecule has 0 bridgehead atoms. The maximum Gasteiger partial charge on any atom is 0.401 e. The van der Waals surface area contributed by atoms with E-state index in [-0.39, 0.29) is 18.6 Å². The minimum absolute atomic E-state index is 0.285. The number of alkyl halides is 4. The van der Waals surface area contributed by atoms with E-state index in [0.29, 0.717) is 50.3 Å². The van der Waals surface area contributed by atoms with Gasteiger partial charge in [0, 0.05) is 18.2 Å². The number of pyridine rings is 1. The molecule has 2 atom stereocenters. The Balaban J connectivity index is 1.68. The average molecular weight is 494 g/mol. The third-order valence-corrected chi connectivity index (χ3v) is 6.58. The van der Waals surface area contributed by atoms with Crippen LogP contribution in [0, 0.1) is 0 Å². The molecule has 1 aliphatic carbocycles. The van der Waals surface area contributed by atoms with Crippen molar-refractivity contribution < 1.29 is 27.0 Å². The molecule has 190 valence electrons. The van der Waals surface area contributed by atoms with Crippen molar-refractivity contribution in [2.24, 2.45) is 0 Å². The van der Waals surface area contributed by atoms with Gasteiger partial charge in [0.2, 0.25) is 5.88 Å². The number of hydrogen-bond donors (Lipinski definition) is 1. The maximum atomic E-state index is 13.7. The zero-order valence-corrected chi connectivity index (χ0v) is 20.0. The van der Waals surface area contributed by atoms with Crippen molar-refractivity contribution in [3.05, 3.63) is 58.8 Å². The molecule has 0 saturated carbocycles. The minimum atomic E-state index is -4.35. The molecule has 5 nitrogen and oxygen atoms in total. The number of aromatic nitrogens is 1. The van der Waals surface area contributed by atoms with Gasteiger partial charge in [0.1, 0.15) is 12.4 Å². The average Bonchev–Trinajstić information content (AvgIpc) is 3.19. The first kappa shape index (κ1) is 25.4. The van der Waals surface area contributed by atoms with Gasteiger partial charge in [0.25, 0.3) is 0 Å². The predicted octanol–water partition coefficient (Wildman–Crippen LogP) is 5.13. The maximum absolute atomic E-state index is 13.7. The summed E-state index contributed by atoms with van der Waals surface area (Å²) < 4.78 is 64.7. The lowest BCUT2D eigenvalue weighted by atomic mass is 9.85. The molecule has 35 heavy (non-hydrogen) atoms. The Morgan fingerprint density at radius 2 is 2.00 bits per heavy atom. The Labute approximate surface area is 203 Å². The molecular formula is C26H31F4N3O2. The highest BCUT2D eigenvalue weighted by Crippen LogP contribution is 2.50. The number of methoxy groups -OCH3 is 1. The van der Waals surface area contributed by atoms with E-state index in [9.17, 15) is 17.6 Å². The Kier molecular flexibility index (Phi) is 7.96. The van der Waals surface area contributed by atoms with Crippen molar-refractivity contribution in [2.45, 2.75) is 44.4 Å². The van der Waals surface area contributed by atoms with Crippen LogP contribution in [0.25, 0.3) is 5.57 Å². The van der Waals surface area contributed by atoms with Crippen molar-refractivity contribution in [3.63, 3.8) is 0 Å². The molecule has 0 spiro atoms. The number of fused-ring (bicyclic) bond motifs is 2. The topological polar surface area (TPSA) is 46.6 Å². The van der Waals surface area contributed by atoms with Gasteiger partial charge in [0.15, 0.2) is 0 Å². The lowest BCUT2D eigenvalue weighted by Crippen LogP contribution is -2.46. The molecule has 4 rings (SSSR count). The van der Waals surface area contributed by atoms with Gasteiger partial charge in [-0.15, -0.1) is 0 Å². The number of rotatable bonds is 10. The molecule has 0 fully saturated rings. The summed E-state index contributed by atoms with van der Waals surface area (Å²) in [6.07, 6.45) is -1.26. The summed E-state index contributed by atoms with van der Waals surface area (Å²) in [5, 5.41) is 3.09. The van der Waals surface area contributed by atoms with E-state index in [0.717, 1.165) is 22.3 Å². The van der Waals surface area contributed by atoms with E-state index in [4.69, 9.17) is 9.47 Å². The molecule has 0 saturated heterocycles. The zero-order valence-electron chi connectivity index (χ0n) is 20.0. The van der Waals surface area contributed by atoms with Gasteiger partial charge in [-0.1, -0.05) is 24.3 Å². The zero-order chi connectivity index (χ0) is 25.0. The summed E-state index contributed by atoms with van der Waals surface area (Å²) in [5.41, 5.74) is 4.87. The van der Waals surface area contributed by atoms with Crippen molar-refractivity contribution in [2.75, 3.05) is 40.0 Å². The van der Waals surface area contributed by atoms with E-state index in [1.54, 1.807) is 6.07 Å². The molecule has 1 aromatic carbocycles. The second-order valence-corrected chi connectivity index (χ2v) is 8.99. The fourth-order valence-electron chi connectivity index (χ4n) is 5.10. The van der Waals surface area contributed by atoms with Gasteiger partial charge >= 0.3 is 6.18 Å². The Morgan fingerprint density at radius 1 is 1.20 bits per heavy atom. The fourth-order valence-corrected chi connectivity index (χ4v) is 5.10. The largest absolute Gasteiger partial charge is 0.491 e. The fraction of sp³-hybridized carbons (Fsp3) is 0.500. The van der Waals surface area contributed by atoms with E-state index in [1.807, 2.05) is 31.2 Å². The molecule has 1 aromatic heterocycles. The van der Waals surface area contributed by atoms with Gasteiger partial charge in [-0.05, 0) is 61.1 Å². The quantitative estimate of drug-likeness (QED) is 0.368. The van der Waals surface area contributed by atoms with Crippen LogP contribution in [-0.4, -0.2) is 62.1 Å². The highest BCUT2D eigenvalue weighted by molar-refractivity contribution is 5.79. The van der Waals surface area contributed by atoms with Gasteiger partial charge in [-0.2, -0.15) is 13.2 Å². The number of benzene rings is 1. The van der Waals surface area contributed by atoms with Gasteiger partial charge in [-0.3, -0.25) is 9.29 Å². The molecule has 2 heterocycles. The molecule has 2 aliphatic rings. The normalized spacial score (nSPS) is 20.1. The van der Waals surface area contributed by atoms with Crippen LogP contribution in [0.4, 0.5) is 17.6 Å². The SMILES string of the molecule is COc1ncc(OCCNCCCF)cc1[C@@H]1C2=C(C[C@@H](C)N1CC(F)(F)F)c1ccccc1C2. The van der Waals surface area contributed by atoms with Crippen LogP contribution >= 0.6 is 0 Å². The lowest BCUT2D eigenvalue weighted by Gasteiger charge is -2.42. The molecule has 1 N–H and O–H groups in total. The van der Waals surface area contributed by atoms with Crippen LogP contribution in [-0.2, 0) is 6.42 Å². The number of nitrogens with zero attached hydrogens (tertiary/aromatic N) is 2. The first-order chi connectivity index (χ1) is 16.8. The van der Waals surface area contributed by atoms with Crippen LogP contribution in [0.15, 0.2) is 42.1 Å². The van der Waals surface area contributed by atoms with Crippen molar-refractivity contribution in [1.29, 1.82) is 0 Å². The highest BCUT2D eigenvalue weighted by Gasteiger charge is 2.44. The number of hydrogen-bond acceptors (Lipinski definition) is 5. The standard InChI is InChI=1S/C26H31F4N3O2/c1-17-12-21-20-7-4-3-6-18(20)13-22(21)24(33(17)16-26(28,29)30)23-14-19(15-32-25(23)34-2)35-11-10-31-9-5-8-27/h3-4,6-7,14-15,17,24,31H,5,8-13,16H2,1-2H3/t17-,24+/m1/s1. The van der Waals surface area contributed by atoms with E-state index >= 15 is 0 Å². The molecule has 0 radical (unpaired) electrons. The Bertz CT molecular complexity index is 1060. The monoisotopic (exact) mass is 493 g/mol. The van der Waals surface area contributed by atoms with Crippen LogP contribution in [0.1, 0.15) is 42.5 Å². The van der Waals surface area contributed by atoms with Crippen LogP contribution in [0.5, 0.6) is 11.6 Å². The summed E-state index contributed by atoms with van der Waals surface area (Å²) >= 11 is 0. The molecule has 9 heteroatoms. The number of nitrogens with one attached hydrogen (secondary N) is 1. The summed E-state index contributed by atoms with van der Waals surface area (Å²) in [7, 11) is 1.47. The molecular weight excluding hydrogens is 462 g/mol. The van der Waals surface area contributed by atoms with Crippen molar-refractivity contribution in [3.8, 4) is 11.6 Å². The smallest absolute Gasteiger partial charge is 0.401 e. The van der Waals surface area contributed by atoms with Gasteiger partial charge in [-0.25, -0.2) is 4.98 Å². The Hall–Kier alpha value is -2.65. The lowest BCUT2D eigenvalue weighted by molar-refractivity contribution is -0.155. The summed E-state index contributed by atoms with van der Waals surface area (Å²) in [6.45, 7) is 1.83.